The van der Waals surface area contributed by atoms with E-state index in [1.165, 1.54) is 5.56 Å². The van der Waals surface area contributed by atoms with Crippen molar-refractivity contribution in [1.29, 1.82) is 0 Å². The van der Waals surface area contributed by atoms with E-state index in [4.69, 9.17) is 9.47 Å². The molecule has 3 nitrogen and oxygen atoms in total. The van der Waals surface area contributed by atoms with Crippen LogP contribution in [-0.4, -0.2) is 33.9 Å². The zero-order chi connectivity index (χ0) is 14.1. The van der Waals surface area contributed by atoms with Crippen molar-refractivity contribution in [3.8, 4) is 5.75 Å². The third-order valence-corrected chi connectivity index (χ3v) is 3.74. The van der Waals surface area contributed by atoms with Crippen LogP contribution in [0.15, 0.2) is 22.7 Å². The molecule has 0 heterocycles. The number of hydrogen-bond donors (Lipinski definition) is 1. The summed E-state index contributed by atoms with van der Waals surface area (Å²) < 4.78 is 11.6. The van der Waals surface area contributed by atoms with E-state index in [2.05, 4.69) is 34.2 Å². The van der Waals surface area contributed by atoms with Gasteiger partial charge in [-0.3, -0.25) is 0 Å². The largest absolute Gasteiger partial charge is 0.496 e. The summed E-state index contributed by atoms with van der Waals surface area (Å²) >= 11 is 3.52. The van der Waals surface area contributed by atoms with E-state index >= 15 is 0 Å². The average Bonchev–Trinajstić information content (AvgIpc) is 2.42. The monoisotopic (exact) mass is 329 g/mol. The molecule has 0 aliphatic carbocycles. The van der Waals surface area contributed by atoms with Crippen molar-refractivity contribution in [3.63, 3.8) is 0 Å². The van der Waals surface area contributed by atoms with Crippen LogP contribution in [0.4, 0.5) is 0 Å². The lowest BCUT2D eigenvalue weighted by Gasteiger charge is -2.17. The van der Waals surface area contributed by atoms with Gasteiger partial charge in [0.1, 0.15) is 5.75 Å². The van der Waals surface area contributed by atoms with Crippen LogP contribution in [-0.2, 0) is 11.2 Å². The van der Waals surface area contributed by atoms with Crippen LogP contribution >= 0.6 is 15.9 Å². The zero-order valence-electron chi connectivity index (χ0n) is 12.0. The first-order valence-electron chi connectivity index (χ1n) is 6.73. The number of methoxy groups -OCH3 is 2. The Morgan fingerprint density at radius 2 is 2.11 bits per heavy atom. The molecule has 1 aromatic rings. The number of hydrogen-bond acceptors (Lipinski definition) is 3. The van der Waals surface area contributed by atoms with Crippen molar-refractivity contribution >= 4 is 15.9 Å². The maximum Gasteiger partial charge on any atom is 0.122 e. The Bertz CT molecular complexity index is 371. The van der Waals surface area contributed by atoms with E-state index in [1.54, 1.807) is 14.2 Å². The summed E-state index contributed by atoms with van der Waals surface area (Å²) in [6, 6.07) is 6.18. The molecule has 1 aromatic carbocycles. The summed E-state index contributed by atoms with van der Waals surface area (Å²) in [6.45, 7) is 4.90. The standard InChI is InChI=1S/C15H24BrNO2/c1-4-12(11-17-7-8-18-2)9-13-10-14(16)5-6-15(13)19-3/h5-6,10,12,17H,4,7-9,11H2,1-3H3. The van der Waals surface area contributed by atoms with Crippen molar-refractivity contribution in [2.75, 3.05) is 33.9 Å². The molecule has 108 valence electrons. The molecular weight excluding hydrogens is 306 g/mol. The van der Waals surface area contributed by atoms with Gasteiger partial charge in [0.25, 0.3) is 0 Å². The Morgan fingerprint density at radius 3 is 2.74 bits per heavy atom. The molecule has 1 rings (SSSR count). The van der Waals surface area contributed by atoms with E-state index in [9.17, 15) is 0 Å². The molecular formula is C15H24BrNO2. The SMILES string of the molecule is CCC(CNCCOC)Cc1cc(Br)ccc1OC. The lowest BCUT2D eigenvalue weighted by molar-refractivity contribution is 0.197. The number of halogens is 1. The van der Waals surface area contributed by atoms with Crippen molar-refractivity contribution in [3.05, 3.63) is 28.2 Å². The number of ether oxygens (including phenoxy) is 2. The van der Waals surface area contributed by atoms with Crippen molar-refractivity contribution < 1.29 is 9.47 Å². The molecule has 0 radical (unpaired) electrons. The van der Waals surface area contributed by atoms with Crippen LogP contribution in [0, 0.1) is 5.92 Å². The fraction of sp³-hybridized carbons (Fsp3) is 0.600. The lowest BCUT2D eigenvalue weighted by Crippen LogP contribution is -2.27. The highest BCUT2D eigenvalue weighted by Crippen LogP contribution is 2.26. The molecule has 19 heavy (non-hydrogen) atoms. The van der Waals surface area contributed by atoms with Gasteiger partial charge in [0, 0.05) is 18.1 Å². The molecule has 0 saturated carbocycles. The third-order valence-electron chi connectivity index (χ3n) is 3.24. The van der Waals surface area contributed by atoms with Crippen molar-refractivity contribution in [1.82, 2.24) is 5.32 Å². The van der Waals surface area contributed by atoms with Crippen LogP contribution in [0.25, 0.3) is 0 Å². The van der Waals surface area contributed by atoms with Gasteiger partial charge in [-0.2, -0.15) is 0 Å². The highest BCUT2D eigenvalue weighted by Gasteiger charge is 2.11. The summed E-state index contributed by atoms with van der Waals surface area (Å²) in [4.78, 5) is 0. The van der Waals surface area contributed by atoms with Crippen LogP contribution in [0.3, 0.4) is 0 Å². The van der Waals surface area contributed by atoms with Crippen LogP contribution in [0.5, 0.6) is 5.75 Å². The second kappa shape index (κ2) is 9.34. The minimum Gasteiger partial charge on any atom is -0.496 e. The Kier molecular flexibility index (Phi) is 8.10. The smallest absolute Gasteiger partial charge is 0.122 e. The van der Waals surface area contributed by atoms with E-state index in [0.717, 1.165) is 42.8 Å². The zero-order valence-corrected chi connectivity index (χ0v) is 13.6. The Labute approximate surface area is 124 Å². The van der Waals surface area contributed by atoms with Crippen LogP contribution in [0.2, 0.25) is 0 Å². The molecule has 4 heteroatoms. The summed E-state index contributed by atoms with van der Waals surface area (Å²) in [5, 5.41) is 3.43. The molecule has 1 N–H and O–H groups in total. The molecule has 0 amide bonds. The molecule has 0 fully saturated rings. The molecule has 0 spiro atoms. The summed E-state index contributed by atoms with van der Waals surface area (Å²) in [6.07, 6.45) is 2.18. The Morgan fingerprint density at radius 1 is 1.32 bits per heavy atom. The number of benzene rings is 1. The van der Waals surface area contributed by atoms with E-state index in [-0.39, 0.29) is 0 Å². The molecule has 0 aliphatic heterocycles. The third kappa shape index (κ3) is 5.93. The molecule has 1 unspecified atom stereocenters. The van der Waals surface area contributed by atoms with Crippen LogP contribution < -0.4 is 10.1 Å². The number of nitrogens with one attached hydrogen (secondary N) is 1. The summed E-state index contributed by atoms with van der Waals surface area (Å²) in [5.41, 5.74) is 1.26. The first kappa shape index (κ1) is 16.5. The fourth-order valence-corrected chi connectivity index (χ4v) is 2.47. The van der Waals surface area contributed by atoms with E-state index < -0.39 is 0 Å². The van der Waals surface area contributed by atoms with Crippen molar-refractivity contribution in [2.45, 2.75) is 19.8 Å². The molecule has 0 aromatic heterocycles. The Balaban J connectivity index is 2.56. The normalized spacial score (nSPS) is 12.4. The predicted molar refractivity (Wildman–Crippen MR) is 82.9 cm³/mol. The van der Waals surface area contributed by atoms with Gasteiger partial charge >= 0.3 is 0 Å². The predicted octanol–water partition coefficient (Wildman–Crippen LogP) is 3.26. The fourth-order valence-electron chi connectivity index (χ4n) is 2.06. The molecule has 0 bridgehead atoms. The summed E-state index contributed by atoms with van der Waals surface area (Å²) in [7, 11) is 3.45. The van der Waals surface area contributed by atoms with Gasteiger partial charge in [0.2, 0.25) is 0 Å². The van der Waals surface area contributed by atoms with Gasteiger partial charge in [0.15, 0.2) is 0 Å². The highest BCUT2D eigenvalue weighted by molar-refractivity contribution is 9.10. The van der Waals surface area contributed by atoms with Gasteiger partial charge in [-0.25, -0.2) is 0 Å². The maximum absolute atomic E-state index is 5.43. The Hall–Kier alpha value is -0.580. The number of rotatable bonds is 9. The minimum absolute atomic E-state index is 0.611. The maximum atomic E-state index is 5.43. The second-order valence-electron chi connectivity index (χ2n) is 4.63. The van der Waals surface area contributed by atoms with Crippen LogP contribution in [0.1, 0.15) is 18.9 Å². The molecule has 1 atom stereocenters. The summed E-state index contributed by atoms with van der Waals surface area (Å²) in [5.74, 6) is 1.58. The molecule has 0 saturated heterocycles. The van der Waals surface area contributed by atoms with Gasteiger partial charge in [-0.1, -0.05) is 29.3 Å². The minimum atomic E-state index is 0.611. The van der Waals surface area contributed by atoms with E-state index in [1.807, 2.05) is 12.1 Å². The van der Waals surface area contributed by atoms with Gasteiger partial charge in [-0.15, -0.1) is 0 Å². The van der Waals surface area contributed by atoms with Gasteiger partial charge in [0.05, 0.1) is 13.7 Å². The van der Waals surface area contributed by atoms with Crippen molar-refractivity contribution in [2.24, 2.45) is 5.92 Å². The molecule has 0 aliphatic rings. The second-order valence-corrected chi connectivity index (χ2v) is 5.55. The van der Waals surface area contributed by atoms with Gasteiger partial charge in [-0.05, 0) is 42.6 Å². The quantitative estimate of drug-likeness (QED) is 0.705. The van der Waals surface area contributed by atoms with Gasteiger partial charge < -0.3 is 14.8 Å². The average molecular weight is 330 g/mol. The highest BCUT2D eigenvalue weighted by atomic mass is 79.9. The first-order chi connectivity index (χ1) is 9.21. The topological polar surface area (TPSA) is 30.5 Å². The van der Waals surface area contributed by atoms with E-state index in [0.29, 0.717) is 5.92 Å². The lowest BCUT2D eigenvalue weighted by atomic mass is 9.96. The first-order valence-corrected chi connectivity index (χ1v) is 7.52.